The van der Waals surface area contributed by atoms with Crippen LogP contribution in [0.3, 0.4) is 0 Å². The van der Waals surface area contributed by atoms with Crippen molar-refractivity contribution < 1.29 is 14.4 Å². The molecule has 4 heterocycles. The van der Waals surface area contributed by atoms with E-state index in [0.717, 1.165) is 0 Å². The van der Waals surface area contributed by atoms with Gasteiger partial charge in [0.25, 0.3) is 11.8 Å². The van der Waals surface area contributed by atoms with Crippen molar-refractivity contribution in [3.05, 3.63) is 34.5 Å². The normalized spacial score (nSPS) is 25.1. The molecule has 18 nitrogen and oxygen atoms in total. The highest BCUT2D eigenvalue weighted by Gasteiger charge is 2.49. The Morgan fingerprint density at radius 1 is 1.17 bits per heavy atom. The summed E-state index contributed by atoms with van der Waals surface area (Å²) in [6, 6.07) is -1.40. The van der Waals surface area contributed by atoms with Gasteiger partial charge < -0.3 is 37.7 Å². The maximum atomic E-state index is 13.2. The third-order valence-corrected chi connectivity index (χ3v) is 7.41. The van der Waals surface area contributed by atoms with Crippen LogP contribution < -0.4 is 49.8 Å². The highest BCUT2D eigenvalue weighted by molar-refractivity contribution is 6.29. The molecule has 0 aromatic carbocycles. The number of carbonyl (C=O) groups excluding carboxylic acids is 3. The standard InChI is InChI=1S/C22H36ClN15O3/c1-11(2)29-20(41)30-13-4-3-12(9-28-13)19(40)36-7-5-22(6-8-36)10-37(26)21(38(22)27)33-18(39)14-17(34-35-25)32-16(24)15(23)31-14/h3-4,11,14,17,28,31-32H,5-10,24,26-27H2,1-2H3,(H2,25,34)(H2,29,30,41). The monoisotopic (exact) mass is 593 g/mol. The second-order valence-electron chi connectivity index (χ2n) is 10.3. The minimum atomic E-state index is -1.07. The Labute approximate surface area is 241 Å². The fourth-order valence-corrected chi connectivity index (χ4v) is 5.11. The largest absolute Gasteiger partial charge is 0.383 e. The summed E-state index contributed by atoms with van der Waals surface area (Å²) < 4.78 is 0. The zero-order valence-electron chi connectivity index (χ0n) is 22.7. The number of piperidine rings is 1. The average Bonchev–Trinajstić information content (AvgIpc) is 3.14. The fourth-order valence-electron chi connectivity index (χ4n) is 4.94. The molecule has 0 aromatic rings. The van der Waals surface area contributed by atoms with Gasteiger partial charge in [0.05, 0.1) is 12.1 Å². The number of hydrogen-bond donors (Lipinski definition) is 9. The minimum absolute atomic E-state index is 0.00341. The average molecular weight is 594 g/mol. The molecule has 4 aliphatic rings. The van der Waals surface area contributed by atoms with E-state index < -0.39 is 23.7 Å². The number of rotatable bonds is 5. The molecule has 13 N–H and O–H groups in total. The number of aliphatic imine (C=N–C) groups is 1. The highest BCUT2D eigenvalue weighted by atomic mass is 35.5. The van der Waals surface area contributed by atoms with Crippen LogP contribution in [0, 0.1) is 0 Å². The molecule has 0 saturated carbocycles. The molecule has 1 spiro atoms. The number of dihydropyridines is 1. The van der Waals surface area contributed by atoms with Crippen molar-refractivity contribution in [1.29, 1.82) is 0 Å². The van der Waals surface area contributed by atoms with Crippen LogP contribution in [-0.2, 0) is 9.59 Å². The molecule has 19 heteroatoms. The Morgan fingerprint density at radius 3 is 2.49 bits per heavy atom. The van der Waals surface area contributed by atoms with Crippen molar-refractivity contribution in [2.24, 2.45) is 38.6 Å². The van der Waals surface area contributed by atoms with Gasteiger partial charge in [-0.25, -0.2) is 16.5 Å². The zero-order chi connectivity index (χ0) is 29.9. The molecular weight excluding hydrogens is 558 g/mol. The van der Waals surface area contributed by atoms with E-state index in [1.807, 2.05) is 13.8 Å². The first-order chi connectivity index (χ1) is 19.4. The predicted molar refractivity (Wildman–Crippen MR) is 149 cm³/mol. The number of nitrogens with two attached hydrogens (primary N) is 4. The Kier molecular flexibility index (Phi) is 8.74. The summed E-state index contributed by atoms with van der Waals surface area (Å²) in [5.41, 5.74) is 5.68. The molecule has 0 radical (unpaired) electrons. The van der Waals surface area contributed by atoms with Gasteiger partial charge in [-0.05, 0) is 38.8 Å². The number of nitrogens with zero attached hydrogens (tertiary/aromatic N) is 6. The smallest absolute Gasteiger partial charge is 0.320 e. The molecule has 0 aliphatic carbocycles. The minimum Gasteiger partial charge on any atom is -0.383 e. The highest BCUT2D eigenvalue weighted by Crippen LogP contribution is 2.33. The van der Waals surface area contributed by atoms with Crippen LogP contribution in [0.1, 0.15) is 26.7 Å². The van der Waals surface area contributed by atoms with Crippen LogP contribution in [0.15, 0.2) is 49.9 Å². The number of carbonyl (C=O) groups is 3. The Bertz CT molecular complexity index is 1220. The van der Waals surface area contributed by atoms with Crippen molar-refractivity contribution >= 4 is 35.4 Å². The lowest BCUT2D eigenvalue weighted by Gasteiger charge is -2.42. The van der Waals surface area contributed by atoms with Gasteiger partial charge in [0, 0.05) is 31.2 Å². The lowest BCUT2D eigenvalue weighted by Crippen LogP contribution is -2.59. The summed E-state index contributed by atoms with van der Waals surface area (Å²) in [7, 11) is 0. The SMILES string of the molecule is CC(C)NC(=O)NC1=CC=C(C(=O)N2CCC3(CC2)CN(N)C(=NC(=O)C2NC(Cl)=C(N)NC2N=NN)N3N)CN1. The summed E-state index contributed by atoms with van der Waals surface area (Å²) in [6.07, 6.45) is 3.38. The predicted octanol–water partition coefficient (Wildman–Crippen LogP) is -2.79. The van der Waals surface area contributed by atoms with Gasteiger partial charge in [0.2, 0.25) is 5.96 Å². The van der Waals surface area contributed by atoms with E-state index in [1.165, 1.54) is 10.0 Å². The van der Waals surface area contributed by atoms with Crippen LogP contribution in [0.25, 0.3) is 0 Å². The van der Waals surface area contributed by atoms with E-state index in [9.17, 15) is 14.4 Å². The maximum Gasteiger partial charge on any atom is 0.320 e. The molecule has 0 aromatic heterocycles. The van der Waals surface area contributed by atoms with Gasteiger partial charge in [-0.1, -0.05) is 16.8 Å². The van der Waals surface area contributed by atoms with Crippen LogP contribution in [0.2, 0.25) is 0 Å². The summed E-state index contributed by atoms with van der Waals surface area (Å²) in [5, 5.41) is 23.7. The summed E-state index contributed by atoms with van der Waals surface area (Å²) in [6.45, 7) is 5.12. The number of guanidine groups is 1. The quantitative estimate of drug-likeness (QED) is 0.0678. The van der Waals surface area contributed by atoms with Crippen molar-refractivity contribution in [2.75, 3.05) is 26.2 Å². The van der Waals surface area contributed by atoms with E-state index in [4.69, 9.17) is 34.9 Å². The molecule has 224 valence electrons. The Morgan fingerprint density at radius 2 is 1.88 bits per heavy atom. The van der Waals surface area contributed by atoms with Crippen LogP contribution in [0.4, 0.5) is 4.79 Å². The third-order valence-electron chi connectivity index (χ3n) is 7.10. The number of urea groups is 1. The Hall–Kier alpha value is -4.29. The number of hydrogen-bond acceptors (Lipinski definition) is 11. The molecule has 41 heavy (non-hydrogen) atoms. The summed E-state index contributed by atoms with van der Waals surface area (Å²) in [5.74, 6) is 17.7. The van der Waals surface area contributed by atoms with Crippen molar-refractivity contribution in [3.63, 3.8) is 0 Å². The van der Waals surface area contributed by atoms with Crippen LogP contribution >= 0.6 is 11.6 Å². The van der Waals surface area contributed by atoms with E-state index in [2.05, 4.69) is 41.9 Å². The zero-order valence-corrected chi connectivity index (χ0v) is 23.5. The molecular formula is C22H36ClN15O3. The van der Waals surface area contributed by atoms with Crippen LogP contribution in [0.5, 0.6) is 0 Å². The number of allylic oxidation sites excluding steroid dienone is 2. The van der Waals surface area contributed by atoms with Gasteiger partial charge in [0.15, 0.2) is 12.2 Å². The molecule has 0 bridgehead atoms. The number of hydrazine groups is 2. The first kappa shape index (κ1) is 29.7. The van der Waals surface area contributed by atoms with Gasteiger partial charge in [-0.3, -0.25) is 24.9 Å². The lowest BCUT2D eigenvalue weighted by molar-refractivity contribution is -0.129. The molecule has 2 unspecified atom stereocenters. The molecule has 4 rings (SSSR count). The van der Waals surface area contributed by atoms with Crippen molar-refractivity contribution in [3.8, 4) is 0 Å². The second kappa shape index (κ2) is 12.1. The topological polar surface area (TPSA) is 262 Å². The van der Waals surface area contributed by atoms with Gasteiger partial charge in [-0.2, -0.15) is 4.99 Å². The first-order valence-corrected chi connectivity index (χ1v) is 13.3. The lowest BCUT2D eigenvalue weighted by atomic mass is 9.87. The van der Waals surface area contributed by atoms with E-state index in [-0.39, 0.29) is 41.5 Å². The fraction of sp³-hybridized carbons (Fsp3) is 0.545. The molecule has 2 saturated heterocycles. The summed E-state index contributed by atoms with van der Waals surface area (Å²) >= 11 is 6.04. The molecule has 2 atom stereocenters. The molecule has 2 fully saturated rings. The van der Waals surface area contributed by atoms with Gasteiger partial charge in [-0.15, -0.1) is 5.11 Å². The molecule has 4 amide bonds. The third kappa shape index (κ3) is 6.39. The van der Waals surface area contributed by atoms with Gasteiger partial charge in [0.1, 0.15) is 16.8 Å². The van der Waals surface area contributed by atoms with Gasteiger partial charge >= 0.3 is 6.03 Å². The van der Waals surface area contributed by atoms with E-state index >= 15 is 0 Å². The van der Waals surface area contributed by atoms with Crippen LogP contribution in [-0.4, -0.2) is 88.7 Å². The number of halogens is 1. The molecule has 4 aliphatic heterocycles. The summed E-state index contributed by atoms with van der Waals surface area (Å²) in [4.78, 5) is 44.0. The Balaban J connectivity index is 1.38. The van der Waals surface area contributed by atoms with Crippen molar-refractivity contribution in [1.82, 2.24) is 41.5 Å². The van der Waals surface area contributed by atoms with Crippen molar-refractivity contribution in [2.45, 2.75) is 50.5 Å². The maximum absolute atomic E-state index is 13.2. The first-order valence-electron chi connectivity index (χ1n) is 12.9. The van der Waals surface area contributed by atoms with E-state index in [1.54, 1.807) is 17.1 Å². The number of nitrogens with one attached hydrogen (secondary N) is 5. The van der Waals surface area contributed by atoms with E-state index in [0.29, 0.717) is 43.9 Å². The number of likely N-dealkylation sites (tertiary alicyclic amines) is 1. The second-order valence-corrected chi connectivity index (χ2v) is 10.7. The number of amides is 4.